The summed E-state index contributed by atoms with van der Waals surface area (Å²) in [6.07, 6.45) is 12.4. The summed E-state index contributed by atoms with van der Waals surface area (Å²) in [6.45, 7) is 4.28. The third kappa shape index (κ3) is 1.43. The highest BCUT2D eigenvalue weighted by molar-refractivity contribution is 5.53. The van der Waals surface area contributed by atoms with Crippen LogP contribution in [0.25, 0.3) is 18.2 Å². The molecule has 2 rings (SSSR count). The van der Waals surface area contributed by atoms with Gasteiger partial charge in [-0.3, -0.25) is 0 Å². The average molecular weight is 187 g/mol. The van der Waals surface area contributed by atoms with Gasteiger partial charge in [-0.2, -0.15) is 0 Å². The molecule has 1 aliphatic carbocycles. The lowest BCUT2D eigenvalue weighted by Gasteiger charge is -1.96. The van der Waals surface area contributed by atoms with Gasteiger partial charge in [-0.15, -0.1) is 0 Å². The molecule has 0 amide bonds. The van der Waals surface area contributed by atoms with Gasteiger partial charge in [0.1, 0.15) is 0 Å². The van der Waals surface area contributed by atoms with E-state index < -0.39 is 0 Å². The van der Waals surface area contributed by atoms with Crippen LogP contribution in [0.15, 0.2) is 6.08 Å². The van der Waals surface area contributed by atoms with Crippen molar-refractivity contribution in [3.63, 3.8) is 0 Å². The van der Waals surface area contributed by atoms with Gasteiger partial charge in [0.15, 0.2) is 0 Å². The van der Waals surface area contributed by atoms with Crippen LogP contribution in [0.3, 0.4) is 0 Å². The van der Waals surface area contributed by atoms with Crippen molar-refractivity contribution >= 4 is 18.2 Å². The standard InChI is InChI=1S/C13H17N/c1-3-7-12-10(4-2)11-8-5-6-9-13(11)14-12/h3,7-9,14H,4-6H2,1-2H3/b7-3-. The highest BCUT2D eigenvalue weighted by Crippen LogP contribution is 2.05. The van der Waals surface area contributed by atoms with Crippen LogP contribution in [-0.2, 0) is 6.42 Å². The molecule has 0 aromatic carbocycles. The Kier molecular flexibility index (Phi) is 2.58. The summed E-state index contributed by atoms with van der Waals surface area (Å²) >= 11 is 0. The normalized spacial score (nSPS) is 15.0. The Morgan fingerprint density at radius 3 is 2.86 bits per heavy atom. The first-order chi connectivity index (χ1) is 6.86. The second-order valence-electron chi connectivity index (χ2n) is 3.68. The van der Waals surface area contributed by atoms with Crippen LogP contribution in [0.5, 0.6) is 0 Å². The zero-order valence-corrected chi connectivity index (χ0v) is 8.93. The number of rotatable bonds is 2. The van der Waals surface area contributed by atoms with E-state index >= 15 is 0 Å². The Bertz CT molecular complexity index is 460. The SMILES string of the molecule is C/C=C\c1[nH]c2c(c1CC)=CCCC=2. The first-order valence-electron chi connectivity index (χ1n) is 5.40. The average Bonchev–Trinajstić information content (AvgIpc) is 2.55. The summed E-state index contributed by atoms with van der Waals surface area (Å²) in [5.41, 5.74) is 2.75. The highest BCUT2D eigenvalue weighted by atomic mass is 14.7. The molecule has 0 fully saturated rings. The van der Waals surface area contributed by atoms with E-state index in [-0.39, 0.29) is 0 Å². The number of nitrogens with one attached hydrogen (secondary N) is 1. The topological polar surface area (TPSA) is 15.8 Å². The first-order valence-corrected chi connectivity index (χ1v) is 5.40. The third-order valence-electron chi connectivity index (χ3n) is 2.76. The van der Waals surface area contributed by atoms with Gasteiger partial charge >= 0.3 is 0 Å². The maximum Gasteiger partial charge on any atom is 0.0420 e. The smallest absolute Gasteiger partial charge is 0.0420 e. The fraction of sp³-hybridized carbons (Fsp3) is 0.385. The van der Waals surface area contributed by atoms with Crippen LogP contribution in [0.2, 0.25) is 0 Å². The summed E-state index contributed by atoms with van der Waals surface area (Å²) < 4.78 is 0. The predicted octanol–water partition coefficient (Wildman–Crippen LogP) is 1.96. The molecular formula is C13H17N. The quantitative estimate of drug-likeness (QED) is 0.728. The highest BCUT2D eigenvalue weighted by Gasteiger charge is 2.05. The van der Waals surface area contributed by atoms with Crippen LogP contribution < -0.4 is 10.6 Å². The molecule has 0 radical (unpaired) electrons. The summed E-state index contributed by atoms with van der Waals surface area (Å²) in [7, 11) is 0. The van der Waals surface area contributed by atoms with E-state index in [0.29, 0.717) is 0 Å². The number of H-pyrrole nitrogens is 1. The molecule has 1 N–H and O–H groups in total. The molecular weight excluding hydrogens is 170 g/mol. The minimum absolute atomic E-state index is 1.11. The van der Waals surface area contributed by atoms with Crippen LogP contribution in [0.4, 0.5) is 0 Å². The second-order valence-corrected chi connectivity index (χ2v) is 3.68. The van der Waals surface area contributed by atoms with Crippen molar-refractivity contribution in [2.75, 3.05) is 0 Å². The van der Waals surface area contributed by atoms with Gasteiger partial charge in [0, 0.05) is 11.0 Å². The van der Waals surface area contributed by atoms with E-state index in [2.05, 4.69) is 43.1 Å². The molecule has 1 heterocycles. The minimum atomic E-state index is 1.11. The maximum atomic E-state index is 3.48. The summed E-state index contributed by atoms with van der Waals surface area (Å²) in [6, 6.07) is 0. The molecule has 0 aliphatic heterocycles. The van der Waals surface area contributed by atoms with Gasteiger partial charge in [-0.25, -0.2) is 0 Å². The molecule has 0 bridgehead atoms. The monoisotopic (exact) mass is 187 g/mol. The lowest BCUT2D eigenvalue weighted by molar-refractivity contribution is 1.08. The molecule has 0 spiro atoms. The van der Waals surface area contributed by atoms with E-state index in [1.165, 1.54) is 34.7 Å². The molecule has 0 saturated heterocycles. The molecule has 1 nitrogen and oxygen atoms in total. The zero-order valence-electron chi connectivity index (χ0n) is 8.93. The predicted molar refractivity (Wildman–Crippen MR) is 62.3 cm³/mol. The summed E-state index contributed by atoms with van der Waals surface area (Å²) in [5, 5.41) is 2.76. The van der Waals surface area contributed by atoms with Crippen molar-refractivity contribution in [1.82, 2.24) is 4.98 Å². The number of allylic oxidation sites excluding steroid dienone is 1. The lowest BCUT2D eigenvalue weighted by atomic mass is 10.1. The van der Waals surface area contributed by atoms with Crippen molar-refractivity contribution in [1.29, 1.82) is 0 Å². The first kappa shape index (κ1) is 9.32. The molecule has 14 heavy (non-hydrogen) atoms. The third-order valence-corrected chi connectivity index (χ3v) is 2.76. The number of aromatic nitrogens is 1. The Morgan fingerprint density at radius 1 is 1.36 bits per heavy atom. The van der Waals surface area contributed by atoms with Crippen molar-refractivity contribution < 1.29 is 0 Å². The van der Waals surface area contributed by atoms with E-state index in [1.807, 2.05) is 0 Å². The molecule has 0 atom stereocenters. The van der Waals surface area contributed by atoms with Gasteiger partial charge in [0.25, 0.3) is 0 Å². The zero-order chi connectivity index (χ0) is 9.97. The Labute approximate surface area is 84.9 Å². The largest absolute Gasteiger partial charge is 0.355 e. The molecule has 1 aromatic heterocycles. The van der Waals surface area contributed by atoms with Gasteiger partial charge in [0.05, 0.1) is 0 Å². The van der Waals surface area contributed by atoms with Gasteiger partial charge in [0.2, 0.25) is 0 Å². The van der Waals surface area contributed by atoms with E-state index in [1.54, 1.807) is 0 Å². The Balaban J connectivity index is 2.70. The number of fused-ring (bicyclic) bond motifs is 1. The van der Waals surface area contributed by atoms with Gasteiger partial charge in [-0.1, -0.05) is 25.2 Å². The van der Waals surface area contributed by atoms with Crippen LogP contribution in [-0.4, -0.2) is 4.98 Å². The molecule has 0 unspecified atom stereocenters. The second kappa shape index (κ2) is 3.87. The molecule has 74 valence electrons. The Morgan fingerprint density at radius 2 is 2.14 bits per heavy atom. The fourth-order valence-electron chi connectivity index (χ4n) is 2.13. The Hall–Kier alpha value is -1.24. The van der Waals surface area contributed by atoms with E-state index in [4.69, 9.17) is 0 Å². The van der Waals surface area contributed by atoms with E-state index in [9.17, 15) is 0 Å². The minimum Gasteiger partial charge on any atom is -0.355 e. The maximum absolute atomic E-state index is 3.48. The van der Waals surface area contributed by atoms with Crippen molar-refractivity contribution in [3.05, 3.63) is 27.9 Å². The lowest BCUT2D eigenvalue weighted by Crippen LogP contribution is -2.26. The number of hydrogen-bond donors (Lipinski definition) is 1. The van der Waals surface area contributed by atoms with Gasteiger partial charge in [-0.05, 0) is 43.0 Å². The van der Waals surface area contributed by atoms with Crippen LogP contribution >= 0.6 is 0 Å². The fourth-order valence-corrected chi connectivity index (χ4v) is 2.13. The van der Waals surface area contributed by atoms with Crippen LogP contribution in [0, 0.1) is 0 Å². The summed E-state index contributed by atoms with van der Waals surface area (Å²) in [4.78, 5) is 3.48. The molecule has 1 heteroatoms. The molecule has 1 aliphatic rings. The molecule has 0 saturated carbocycles. The summed E-state index contributed by atoms with van der Waals surface area (Å²) in [5.74, 6) is 0. The number of hydrogen-bond acceptors (Lipinski definition) is 0. The molecule has 1 aromatic rings. The van der Waals surface area contributed by atoms with Crippen molar-refractivity contribution in [2.45, 2.75) is 33.1 Å². The number of aromatic amines is 1. The van der Waals surface area contributed by atoms with Crippen molar-refractivity contribution in [2.24, 2.45) is 0 Å². The van der Waals surface area contributed by atoms with Gasteiger partial charge < -0.3 is 4.98 Å². The van der Waals surface area contributed by atoms with E-state index in [0.717, 1.165) is 6.42 Å². The van der Waals surface area contributed by atoms with Crippen molar-refractivity contribution in [3.8, 4) is 0 Å². The van der Waals surface area contributed by atoms with Crippen LogP contribution in [0.1, 0.15) is 37.9 Å².